The van der Waals surface area contributed by atoms with E-state index in [-0.39, 0.29) is 17.8 Å². The average Bonchev–Trinajstić information content (AvgIpc) is 3.11. The number of halogens is 3. The lowest BCUT2D eigenvalue weighted by atomic mass is 9.89. The molecule has 3 heterocycles. The molecule has 2 aromatic heterocycles. The van der Waals surface area contributed by atoms with Gasteiger partial charge in [0, 0.05) is 19.2 Å². The number of pyridine rings is 1. The molecule has 0 radical (unpaired) electrons. The zero-order valence-electron chi connectivity index (χ0n) is 16.5. The Morgan fingerprint density at radius 1 is 1.03 bits per heavy atom. The molecule has 0 bridgehead atoms. The number of benzene rings is 1. The number of hydrogen-bond acceptors (Lipinski definition) is 3. The van der Waals surface area contributed by atoms with E-state index in [1.165, 1.54) is 9.96 Å². The van der Waals surface area contributed by atoms with Gasteiger partial charge in [-0.3, -0.25) is 9.30 Å². The summed E-state index contributed by atoms with van der Waals surface area (Å²) in [5, 5.41) is 7.87. The van der Waals surface area contributed by atoms with Crippen molar-refractivity contribution < 1.29 is 13.2 Å². The minimum Gasteiger partial charge on any atom is -0.299 e. The van der Waals surface area contributed by atoms with Crippen molar-refractivity contribution in [3.8, 4) is 0 Å². The molecule has 4 nitrogen and oxygen atoms in total. The van der Waals surface area contributed by atoms with E-state index in [1.807, 2.05) is 25.1 Å². The monoisotopic (exact) mass is 402 g/mol. The molecular weight excluding hydrogens is 377 g/mol. The van der Waals surface area contributed by atoms with Crippen molar-refractivity contribution in [3.05, 3.63) is 65.1 Å². The van der Waals surface area contributed by atoms with E-state index in [4.69, 9.17) is 0 Å². The van der Waals surface area contributed by atoms with Crippen LogP contribution in [-0.2, 0) is 19.1 Å². The maximum absolute atomic E-state index is 13.9. The maximum atomic E-state index is 13.9. The summed E-state index contributed by atoms with van der Waals surface area (Å²) in [5.74, 6) is 1.05. The van der Waals surface area contributed by atoms with Crippen LogP contribution in [0.4, 0.5) is 13.2 Å². The second kappa shape index (κ2) is 8.14. The molecule has 0 N–H and O–H groups in total. The predicted molar refractivity (Wildman–Crippen MR) is 106 cm³/mol. The fraction of sp³-hybridized carbons (Fsp3) is 0.455. The molecule has 154 valence electrons. The van der Waals surface area contributed by atoms with Gasteiger partial charge in [0.05, 0.1) is 0 Å². The number of rotatable bonds is 5. The van der Waals surface area contributed by atoms with Gasteiger partial charge < -0.3 is 0 Å². The van der Waals surface area contributed by atoms with E-state index < -0.39 is 11.7 Å². The fourth-order valence-electron chi connectivity index (χ4n) is 4.27. The smallest absolute Gasteiger partial charge is 0.299 e. The number of aromatic nitrogens is 3. The van der Waals surface area contributed by atoms with E-state index in [2.05, 4.69) is 27.2 Å². The molecule has 0 amide bonds. The number of piperidine rings is 1. The Morgan fingerprint density at radius 2 is 1.76 bits per heavy atom. The second-order valence-electron chi connectivity index (χ2n) is 7.73. The molecule has 3 aromatic rings. The minimum atomic E-state index is -4.46. The molecule has 1 aliphatic heterocycles. The highest BCUT2D eigenvalue weighted by molar-refractivity contribution is 5.53. The van der Waals surface area contributed by atoms with Crippen LogP contribution in [0.15, 0.2) is 42.6 Å². The van der Waals surface area contributed by atoms with Crippen LogP contribution in [0, 0.1) is 0 Å². The molecule has 29 heavy (non-hydrogen) atoms. The van der Waals surface area contributed by atoms with Crippen molar-refractivity contribution in [1.29, 1.82) is 0 Å². The van der Waals surface area contributed by atoms with Crippen LogP contribution in [0.2, 0.25) is 0 Å². The Labute approximate surface area is 168 Å². The Morgan fingerprint density at radius 3 is 2.41 bits per heavy atom. The lowest BCUT2D eigenvalue weighted by Gasteiger charge is -2.32. The standard InChI is InChI=1S/C22H25F3N4/c1-2-6-19-26-27-21-20(22(23,24)25)18(11-14-29(19)21)15-28-12-9-17(10-13-28)16-7-4-3-5-8-16/h3-5,7-8,11,14,17H,2,6,9-10,12-13,15H2,1H3. The molecule has 0 saturated carbocycles. The first-order valence-corrected chi connectivity index (χ1v) is 10.2. The number of hydrogen-bond donors (Lipinski definition) is 0. The summed E-state index contributed by atoms with van der Waals surface area (Å²) in [6, 6.07) is 11.9. The van der Waals surface area contributed by atoms with Crippen LogP contribution >= 0.6 is 0 Å². The summed E-state index contributed by atoms with van der Waals surface area (Å²) in [4.78, 5) is 2.11. The molecule has 0 atom stereocenters. The number of alkyl halides is 3. The van der Waals surface area contributed by atoms with Crippen molar-refractivity contribution in [2.75, 3.05) is 13.1 Å². The summed E-state index contributed by atoms with van der Waals surface area (Å²) < 4.78 is 43.2. The van der Waals surface area contributed by atoms with Gasteiger partial charge in [0.15, 0.2) is 5.65 Å². The summed E-state index contributed by atoms with van der Waals surface area (Å²) in [6.07, 6.45) is 0.543. The van der Waals surface area contributed by atoms with Crippen LogP contribution in [-0.4, -0.2) is 32.6 Å². The molecule has 1 aliphatic rings. The van der Waals surface area contributed by atoms with Gasteiger partial charge in [-0.15, -0.1) is 10.2 Å². The lowest BCUT2D eigenvalue weighted by molar-refractivity contribution is -0.137. The molecular formula is C22H25F3N4. The Balaban J connectivity index is 1.55. The summed E-state index contributed by atoms with van der Waals surface area (Å²) in [7, 11) is 0. The van der Waals surface area contributed by atoms with Gasteiger partial charge in [-0.1, -0.05) is 37.3 Å². The van der Waals surface area contributed by atoms with Gasteiger partial charge >= 0.3 is 6.18 Å². The van der Waals surface area contributed by atoms with Gasteiger partial charge in [0.25, 0.3) is 0 Å². The van der Waals surface area contributed by atoms with Crippen LogP contribution in [0.1, 0.15) is 54.6 Å². The minimum absolute atomic E-state index is 0.0855. The number of aryl methyl sites for hydroxylation is 1. The molecule has 1 saturated heterocycles. The van der Waals surface area contributed by atoms with Gasteiger partial charge in [-0.2, -0.15) is 13.2 Å². The summed E-state index contributed by atoms with van der Waals surface area (Å²) in [5.41, 5.74) is 0.854. The highest BCUT2D eigenvalue weighted by Crippen LogP contribution is 2.36. The van der Waals surface area contributed by atoms with Crippen LogP contribution in [0.5, 0.6) is 0 Å². The number of likely N-dealkylation sites (tertiary alicyclic amines) is 1. The van der Waals surface area contributed by atoms with E-state index in [1.54, 1.807) is 12.3 Å². The molecule has 7 heteroatoms. The summed E-state index contributed by atoms with van der Waals surface area (Å²) in [6.45, 7) is 3.83. The van der Waals surface area contributed by atoms with Crippen LogP contribution in [0.3, 0.4) is 0 Å². The molecule has 1 fully saturated rings. The third kappa shape index (κ3) is 4.15. The Bertz CT molecular complexity index is 957. The van der Waals surface area contributed by atoms with Crippen LogP contribution < -0.4 is 0 Å². The van der Waals surface area contributed by atoms with Crippen LogP contribution in [0.25, 0.3) is 5.65 Å². The quantitative estimate of drug-likeness (QED) is 0.597. The average molecular weight is 402 g/mol. The first-order chi connectivity index (χ1) is 14.0. The first kappa shape index (κ1) is 19.9. The number of fused-ring (bicyclic) bond motifs is 1. The third-order valence-electron chi connectivity index (χ3n) is 5.75. The Kier molecular flexibility index (Phi) is 5.58. The third-order valence-corrected chi connectivity index (χ3v) is 5.75. The van der Waals surface area contributed by atoms with E-state index >= 15 is 0 Å². The van der Waals surface area contributed by atoms with Gasteiger partial charge in [0.1, 0.15) is 11.4 Å². The van der Waals surface area contributed by atoms with E-state index in [0.717, 1.165) is 32.4 Å². The van der Waals surface area contributed by atoms with E-state index in [0.29, 0.717) is 18.2 Å². The van der Waals surface area contributed by atoms with Gasteiger partial charge in [0.2, 0.25) is 0 Å². The van der Waals surface area contributed by atoms with Crippen molar-refractivity contribution in [3.63, 3.8) is 0 Å². The first-order valence-electron chi connectivity index (χ1n) is 10.2. The molecule has 0 spiro atoms. The molecule has 0 unspecified atom stereocenters. The zero-order valence-corrected chi connectivity index (χ0v) is 16.5. The largest absolute Gasteiger partial charge is 0.420 e. The van der Waals surface area contributed by atoms with E-state index in [9.17, 15) is 13.2 Å². The second-order valence-corrected chi connectivity index (χ2v) is 7.73. The molecule has 1 aromatic carbocycles. The topological polar surface area (TPSA) is 33.4 Å². The van der Waals surface area contributed by atoms with Crippen molar-refractivity contribution in [2.24, 2.45) is 0 Å². The van der Waals surface area contributed by atoms with Crippen molar-refractivity contribution in [2.45, 2.75) is 51.2 Å². The van der Waals surface area contributed by atoms with Gasteiger partial charge in [-0.05, 0) is 55.5 Å². The van der Waals surface area contributed by atoms with Crippen molar-refractivity contribution in [1.82, 2.24) is 19.5 Å². The fourth-order valence-corrected chi connectivity index (χ4v) is 4.27. The van der Waals surface area contributed by atoms with Crippen molar-refractivity contribution >= 4 is 5.65 Å². The Hall–Kier alpha value is -2.41. The highest BCUT2D eigenvalue weighted by atomic mass is 19.4. The predicted octanol–water partition coefficient (Wildman–Crippen LogP) is 5.08. The number of nitrogens with zero attached hydrogens (tertiary/aromatic N) is 4. The zero-order chi connectivity index (χ0) is 20.4. The lowest BCUT2D eigenvalue weighted by Crippen LogP contribution is -2.33. The normalized spacial score (nSPS) is 16.6. The SMILES string of the molecule is CCCc1nnc2c(C(F)(F)F)c(CN3CCC(c4ccccc4)CC3)ccn12. The highest BCUT2D eigenvalue weighted by Gasteiger charge is 2.38. The molecule has 0 aliphatic carbocycles. The summed E-state index contributed by atoms with van der Waals surface area (Å²) >= 11 is 0. The maximum Gasteiger partial charge on any atom is 0.420 e. The van der Waals surface area contributed by atoms with Gasteiger partial charge in [-0.25, -0.2) is 0 Å². The molecule has 4 rings (SSSR count).